The lowest BCUT2D eigenvalue weighted by atomic mass is 9.88. The fourth-order valence-electron chi connectivity index (χ4n) is 4.70. The quantitative estimate of drug-likeness (QED) is 0.224. The Bertz CT molecular complexity index is 1560. The van der Waals surface area contributed by atoms with E-state index in [-0.39, 0.29) is 30.1 Å². The summed E-state index contributed by atoms with van der Waals surface area (Å²) in [6.45, 7) is 3.61. The molecule has 0 saturated carbocycles. The van der Waals surface area contributed by atoms with Gasteiger partial charge in [-0.1, -0.05) is 42.2 Å². The summed E-state index contributed by atoms with van der Waals surface area (Å²) in [6.07, 6.45) is 3.35. The normalized spacial score (nSPS) is 11.6. The number of para-hydroxylation sites is 1. The third-order valence-electron chi connectivity index (χ3n) is 6.76. The molecule has 0 radical (unpaired) electrons. The number of nitrogens with two attached hydrogens (primary N) is 1. The van der Waals surface area contributed by atoms with Crippen LogP contribution >= 0.6 is 0 Å². The van der Waals surface area contributed by atoms with Crippen molar-refractivity contribution in [3.8, 4) is 17.6 Å². The van der Waals surface area contributed by atoms with Crippen molar-refractivity contribution in [2.24, 2.45) is 5.73 Å². The van der Waals surface area contributed by atoms with Crippen LogP contribution < -0.4 is 15.8 Å². The van der Waals surface area contributed by atoms with Crippen LogP contribution in [0.5, 0.6) is 5.75 Å². The number of rotatable bonds is 10. The Morgan fingerprint density at radius 2 is 1.77 bits per heavy atom. The fraction of sp³-hybridized carbons (Fsp3) is 0.273. The highest BCUT2D eigenvalue weighted by Crippen LogP contribution is 2.35. The Labute approximate surface area is 234 Å². The average molecular weight is 538 g/mol. The van der Waals surface area contributed by atoms with Gasteiger partial charge in [-0.05, 0) is 68.1 Å². The number of carbonyl (C=O) groups excluding carboxylic acids is 2. The van der Waals surface area contributed by atoms with Crippen molar-refractivity contribution in [2.75, 3.05) is 13.7 Å². The zero-order chi connectivity index (χ0) is 28.6. The molecule has 206 valence electrons. The molecule has 0 aliphatic heterocycles. The van der Waals surface area contributed by atoms with Crippen molar-refractivity contribution in [3.05, 3.63) is 100 Å². The lowest BCUT2D eigenvalue weighted by Crippen LogP contribution is -2.19. The van der Waals surface area contributed by atoms with E-state index in [2.05, 4.69) is 22.1 Å². The fourth-order valence-corrected chi connectivity index (χ4v) is 4.70. The zero-order valence-electron chi connectivity index (χ0n) is 23.1. The summed E-state index contributed by atoms with van der Waals surface area (Å²) in [6, 6.07) is 19.3. The summed E-state index contributed by atoms with van der Waals surface area (Å²) in [5.41, 5.74) is 11.2. The van der Waals surface area contributed by atoms with E-state index in [1.807, 2.05) is 74.6 Å². The van der Waals surface area contributed by atoms with Gasteiger partial charge in [0, 0.05) is 53.2 Å². The molecule has 0 unspecified atom stereocenters. The summed E-state index contributed by atoms with van der Waals surface area (Å²) in [4.78, 5) is 27.4. The summed E-state index contributed by atoms with van der Waals surface area (Å²) >= 11 is 0. The van der Waals surface area contributed by atoms with E-state index in [1.54, 1.807) is 13.1 Å². The second-order valence-electron chi connectivity index (χ2n) is 10.0. The lowest BCUT2D eigenvalue weighted by molar-refractivity contribution is -0.120. The summed E-state index contributed by atoms with van der Waals surface area (Å²) < 4.78 is 6.11. The minimum absolute atomic E-state index is 0.000646. The summed E-state index contributed by atoms with van der Waals surface area (Å²) in [5.74, 6) is 5.72. The third kappa shape index (κ3) is 6.90. The van der Waals surface area contributed by atoms with Gasteiger partial charge < -0.3 is 25.9 Å². The largest absolute Gasteiger partial charge is 0.490 e. The van der Waals surface area contributed by atoms with Gasteiger partial charge in [0.25, 0.3) is 5.91 Å². The van der Waals surface area contributed by atoms with Crippen LogP contribution in [0.15, 0.2) is 66.9 Å². The second kappa shape index (κ2) is 13.0. The second-order valence-corrected chi connectivity index (χ2v) is 10.0. The molecule has 2 amide bonds. The van der Waals surface area contributed by atoms with Crippen molar-refractivity contribution in [3.63, 3.8) is 0 Å². The highest BCUT2D eigenvalue weighted by atomic mass is 16.5. The number of aryl methyl sites for hydroxylation is 1. The molecule has 0 saturated heterocycles. The molecule has 7 nitrogen and oxygen atoms in total. The van der Waals surface area contributed by atoms with E-state index in [1.165, 1.54) is 0 Å². The molecule has 7 heteroatoms. The number of aliphatic hydroxyl groups is 1. The smallest absolute Gasteiger partial charge is 0.252 e. The molecule has 0 aliphatic rings. The molecule has 40 heavy (non-hydrogen) atoms. The molecule has 0 fully saturated rings. The number of fused-ring (bicyclic) bond motifs is 1. The highest BCUT2D eigenvalue weighted by molar-refractivity contribution is 5.96. The van der Waals surface area contributed by atoms with Gasteiger partial charge >= 0.3 is 0 Å². The van der Waals surface area contributed by atoms with Crippen LogP contribution in [-0.4, -0.2) is 41.7 Å². The van der Waals surface area contributed by atoms with Gasteiger partial charge in [-0.25, -0.2) is 0 Å². The van der Waals surface area contributed by atoms with Crippen LogP contribution in [0.25, 0.3) is 10.9 Å². The number of primary amides is 1. The van der Waals surface area contributed by atoms with Gasteiger partial charge in [0.2, 0.25) is 5.91 Å². The minimum Gasteiger partial charge on any atom is -0.490 e. The molecule has 4 rings (SSSR count). The van der Waals surface area contributed by atoms with Crippen molar-refractivity contribution in [1.29, 1.82) is 0 Å². The predicted molar refractivity (Wildman–Crippen MR) is 157 cm³/mol. The predicted octanol–water partition coefficient (Wildman–Crippen LogP) is 4.45. The number of H-pyrrole nitrogens is 1. The first-order valence-corrected chi connectivity index (χ1v) is 13.4. The molecule has 0 aliphatic carbocycles. The highest BCUT2D eigenvalue weighted by Gasteiger charge is 2.24. The molecular weight excluding hydrogens is 502 g/mol. The molecule has 0 bridgehead atoms. The SMILES string of the molecule is CNC(=O)CCc1ccc(C#Cc2cc(C(N)=O)c(OC(C)C)c([C@H](CO)Cc3c[nH]c4ccccc34)c2)cc1. The maximum atomic E-state index is 12.6. The van der Waals surface area contributed by atoms with E-state index in [0.29, 0.717) is 36.1 Å². The van der Waals surface area contributed by atoms with Crippen molar-refractivity contribution in [1.82, 2.24) is 10.3 Å². The maximum Gasteiger partial charge on any atom is 0.252 e. The van der Waals surface area contributed by atoms with E-state index >= 15 is 0 Å². The number of hydrogen-bond acceptors (Lipinski definition) is 4. The van der Waals surface area contributed by atoms with Crippen molar-refractivity contribution < 1.29 is 19.4 Å². The average Bonchev–Trinajstić information content (AvgIpc) is 3.36. The van der Waals surface area contributed by atoms with Crippen LogP contribution in [0.4, 0.5) is 0 Å². The van der Waals surface area contributed by atoms with Gasteiger partial charge in [-0.3, -0.25) is 9.59 Å². The number of amides is 2. The van der Waals surface area contributed by atoms with Crippen molar-refractivity contribution in [2.45, 2.75) is 45.1 Å². The van der Waals surface area contributed by atoms with Gasteiger partial charge in [-0.15, -0.1) is 0 Å². The van der Waals surface area contributed by atoms with Gasteiger partial charge in [0.1, 0.15) is 5.75 Å². The number of benzene rings is 3. The first kappa shape index (κ1) is 28.5. The van der Waals surface area contributed by atoms with Crippen LogP contribution in [0, 0.1) is 11.8 Å². The monoisotopic (exact) mass is 537 g/mol. The Kier molecular flexibility index (Phi) is 9.26. The molecule has 1 atom stereocenters. The van der Waals surface area contributed by atoms with E-state index < -0.39 is 5.91 Å². The Morgan fingerprint density at radius 3 is 2.45 bits per heavy atom. The zero-order valence-corrected chi connectivity index (χ0v) is 23.1. The van der Waals surface area contributed by atoms with Crippen LogP contribution in [0.1, 0.15) is 64.4 Å². The topological polar surface area (TPSA) is 117 Å². The third-order valence-corrected chi connectivity index (χ3v) is 6.76. The number of aromatic nitrogens is 1. The Morgan fingerprint density at radius 1 is 1.05 bits per heavy atom. The Balaban J connectivity index is 1.70. The molecule has 4 aromatic rings. The maximum absolute atomic E-state index is 12.6. The van der Waals surface area contributed by atoms with Gasteiger partial charge in [0.15, 0.2) is 0 Å². The van der Waals surface area contributed by atoms with E-state index in [4.69, 9.17) is 10.5 Å². The molecule has 0 spiro atoms. The standard InChI is InChI=1S/C33H35N3O4/c1-21(2)40-32-28(26(20-37)18-25-19-36-30-7-5-4-6-27(25)30)16-24(17-29(32)33(34)39)13-12-22-8-10-23(11-9-22)14-15-31(38)35-3/h4-11,16-17,19,21,26,36-37H,14-15,18,20H2,1-3H3,(H2,34,39)(H,35,38)/t26-/m0/s1. The van der Waals surface area contributed by atoms with Crippen LogP contribution in [0.3, 0.4) is 0 Å². The number of carbonyl (C=O) groups is 2. The van der Waals surface area contributed by atoms with Crippen molar-refractivity contribution >= 4 is 22.7 Å². The number of ether oxygens (including phenoxy) is 1. The van der Waals surface area contributed by atoms with Crippen LogP contribution in [-0.2, 0) is 17.6 Å². The minimum atomic E-state index is -0.621. The first-order valence-electron chi connectivity index (χ1n) is 13.4. The van der Waals surface area contributed by atoms with E-state index in [9.17, 15) is 14.7 Å². The van der Waals surface area contributed by atoms with Gasteiger partial charge in [0.05, 0.1) is 18.3 Å². The summed E-state index contributed by atoms with van der Waals surface area (Å²) in [7, 11) is 1.63. The number of aromatic amines is 1. The van der Waals surface area contributed by atoms with E-state index in [0.717, 1.165) is 27.6 Å². The molecule has 3 aromatic carbocycles. The number of aliphatic hydroxyl groups excluding tert-OH is 1. The van der Waals surface area contributed by atoms with Gasteiger partial charge in [-0.2, -0.15) is 0 Å². The molecule has 1 heterocycles. The molecule has 1 aromatic heterocycles. The first-order chi connectivity index (χ1) is 19.3. The molecule has 5 N–H and O–H groups in total. The number of nitrogens with one attached hydrogen (secondary N) is 2. The number of hydrogen-bond donors (Lipinski definition) is 4. The lowest BCUT2D eigenvalue weighted by Gasteiger charge is -2.23. The Hall–Kier alpha value is -4.54. The van der Waals surface area contributed by atoms with Crippen LogP contribution in [0.2, 0.25) is 0 Å². The molecular formula is C33H35N3O4. The summed E-state index contributed by atoms with van der Waals surface area (Å²) in [5, 5.41) is 14.2.